The molecule has 1 unspecified atom stereocenters. The van der Waals surface area contributed by atoms with Crippen LogP contribution in [0, 0.1) is 17.2 Å². The van der Waals surface area contributed by atoms with Gasteiger partial charge in [-0.2, -0.15) is 5.26 Å². The quantitative estimate of drug-likeness (QED) is 0.719. The van der Waals surface area contributed by atoms with E-state index >= 15 is 0 Å². The number of aliphatic hydroxyl groups excluding tert-OH is 2. The number of nitrogens with one attached hydrogen (secondary N) is 1. The molecule has 9 heteroatoms. The van der Waals surface area contributed by atoms with Gasteiger partial charge in [-0.3, -0.25) is 4.57 Å². The molecule has 0 bridgehead atoms. The molecule has 3 rings (SSSR count). The highest BCUT2D eigenvalue weighted by molar-refractivity contribution is 5.82. The highest BCUT2D eigenvalue weighted by atomic mass is 16.6. The maximum atomic E-state index is 10.2. The Morgan fingerprint density at radius 3 is 2.83 bits per heavy atom. The van der Waals surface area contributed by atoms with Crippen LogP contribution in [-0.2, 0) is 4.74 Å². The van der Waals surface area contributed by atoms with Crippen LogP contribution in [0.25, 0.3) is 11.2 Å². The Labute approximate surface area is 138 Å². The number of hydrogen-bond acceptors (Lipinski definition) is 8. The number of aliphatic hydroxyl groups is 2. The lowest BCUT2D eigenvalue weighted by molar-refractivity contribution is -0.0333. The standard InChI is InChI=1S/C15H20N6O3/c1-8(2)5-17-13-10-14(19-6-18-13)21(7-20-10)15-12(23)11(22)9(24-15)3-4-16/h6-9,11-12,15,22-23H,3,5H2,1-2H3,(H,17,18,19)/t9-,11?,12+,15-/m1/s1. The Hall–Kier alpha value is -2.28. The topological polar surface area (TPSA) is 129 Å². The fourth-order valence-corrected chi connectivity index (χ4v) is 2.69. The molecule has 1 fully saturated rings. The second-order valence-electron chi connectivity index (χ2n) is 6.23. The molecule has 0 saturated carbocycles. The van der Waals surface area contributed by atoms with Gasteiger partial charge in [0, 0.05) is 6.54 Å². The molecule has 0 aromatic carbocycles. The van der Waals surface area contributed by atoms with E-state index in [2.05, 4.69) is 34.1 Å². The highest BCUT2D eigenvalue weighted by Crippen LogP contribution is 2.33. The molecule has 24 heavy (non-hydrogen) atoms. The van der Waals surface area contributed by atoms with E-state index in [9.17, 15) is 10.2 Å². The molecule has 1 saturated heterocycles. The third kappa shape index (κ3) is 2.91. The molecule has 2 aromatic heterocycles. The van der Waals surface area contributed by atoms with Crippen molar-refractivity contribution >= 4 is 17.0 Å². The van der Waals surface area contributed by atoms with Crippen molar-refractivity contribution in [2.24, 2.45) is 5.92 Å². The molecule has 0 spiro atoms. The molecule has 3 heterocycles. The van der Waals surface area contributed by atoms with Gasteiger partial charge in [0.25, 0.3) is 0 Å². The van der Waals surface area contributed by atoms with Gasteiger partial charge in [0.05, 0.1) is 18.8 Å². The third-order valence-corrected chi connectivity index (χ3v) is 3.94. The lowest BCUT2D eigenvalue weighted by Crippen LogP contribution is -2.31. The van der Waals surface area contributed by atoms with E-state index in [0.29, 0.717) is 22.9 Å². The van der Waals surface area contributed by atoms with E-state index < -0.39 is 24.5 Å². The van der Waals surface area contributed by atoms with Crippen molar-refractivity contribution in [2.75, 3.05) is 11.9 Å². The van der Waals surface area contributed by atoms with Crippen molar-refractivity contribution in [1.82, 2.24) is 19.5 Å². The van der Waals surface area contributed by atoms with Gasteiger partial charge in [-0.15, -0.1) is 0 Å². The summed E-state index contributed by atoms with van der Waals surface area (Å²) < 4.78 is 7.19. The van der Waals surface area contributed by atoms with E-state index in [0.717, 1.165) is 6.54 Å². The van der Waals surface area contributed by atoms with Gasteiger partial charge in [-0.05, 0) is 5.92 Å². The first-order chi connectivity index (χ1) is 11.5. The molecule has 128 valence electrons. The summed E-state index contributed by atoms with van der Waals surface area (Å²) >= 11 is 0. The first kappa shape index (κ1) is 16.6. The Morgan fingerprint density at radius 1 is 1.33 bits per heavy atom. The van der Waals surface area contributed by atoms with Gasteiger partial charge in [-0.25, -0.2) is 15.0 Å². The van der Waals surface area contributed by atoms with Crippen LogP contribution in [0.2, 0.25) is 0 Å². The van der Waals surface area contributed by atoms with Gasteiger partial charge >= 0.3 is 0 Å². The van der Waals surface area contributed by atoms with Crippen LogP contribution in [0.4, 0.5) is 5.82 Å². The predicted molar refractivity (Wildman–Crippen MR) is 84.8 cm³/mol. The van der Waals surface area contributed by atoms with Crippen molar-refractivity contribution in [2.45, 2.75) is 44.8 Å². The second kappa shape index (κ2) is 6.68. The van der Waals surface area contributed by atoms with Crippen molar-refractivity contribution in [3.63, 3.8) is 0 Å². The van der Waals surface area contributed by atoms with Crippen LogP contribution in [0.15, 0.2) is 12.7 Å². The van der Waals surface area contributed by atoms with Crippen molar-refractivity contribution in [3.05, 3.63) is 12.7 Å². The number of aromatic nitrogens is 4. The molecule has 0 aliphatic carbocycles. The molecule has 4 atom stereocenters. The Morgan fingerprint density at radius 2 is 2.12 bits per heavy atom. The number of nitrogens with zero attached hydrogens (tertiary/aromatic N) is 5. The first-order valence-electron chi connectivity index (χ1n) is 7.83. The summed E-state index contributed by atoms with van der Waals surface area (Å²) in [5, 5.41) is 32.3. The van der Waals surface area contributed by atoms with Crippen LogP contribution >= 0.6 is 0 Å². The third-order valence-electron chi connectivity index (χ3n) is 3.94. The summed E-state index contributed by atoms with van der Waals surface area (Å²) in [6.45, 7) is 4.91. The fourth-order valence-electron chi connectivity index (χ4n) is 2.69. The average molecular weight is 332 g/mol. The minimum Gasteiger partial charge on any atom is -0.387 e. The van der Waals surface area contributed by atoms with E-state index in [4.69, 9.17) is 10.00 Å². The maximum Gasteiger partial charge on any atom is 0.167 e. The molecule has 3 N–H and O–H groups in total. The molecule has 1 aliphatic rings. The Bertz CT molecular complexity index is 755. The summed E-state index contributed by atoms with van der Waals surface area (Å²) in [6.07, 6.45) is -0.986. The van der Waals surface area contributed by atoms with E-state index in [-0.39, 0.29) is 6.42 Å². The van der Waals surface area contributed by atoms with E-state index in [1.165, 1.54) is 12.7 Å². The zero-order valence-corrected chi connectivity index (χ0v) is 13.5. The SMILES string of the molecule is CC(C)CNc1ncnc2c1ncn2[C@@H]1O[C@H](CC#N)C(O)[C@@H]1O. The lowest BCUT2D eigenvalue weighted by Gasteiger charge is -2.16. The molecule has 9 nitrogen and oxygen atoms in total. The van der Waals surface area contributed by atoms with Gasteiger partial charge < -0.3 is 20.3 Å². The first-order valence-corrected chi connectivity index (χ1v) is 7.83. The monoisotopic (exact) mass is 332 g/mol. The highest BCUT2D eigenvalue weighted by Gasteiger charge is 2.44. The summed E-state index contributed by atoms with van der Waals surface area (Å²) in [7, 11) is 0. The second-order valence-corrected chi connectivity index (χ2v) is 6.23. The smallest absolute Gasteiger partial charge is 0.167 e. The minimum absolute atomic E-state index is 0.00245. The Balaban J connectivity index is 1.91. The minimum atomic E-state index is -1.16. The number of rotatable bonds is 5. The zero-order valence-electron chi connectivity index (χ0n) is 13.5. The molecule has 0 amide bonds. The molecule has 1 aliphatic heterocycles. The van der Waals surface area contributed by atoms with Crippen molar-refractivity contribution < 1.29 is 14.9 Å². The summed E-state index contributed by atoms with van der Waals surface area (Å²) in [5.41, 5.74) is 1.05. The molecule has 2 aromatic rings. The van der Waals surface area contributed by atoms with Crippen LogP contribution in [0.3, 0.4) is 0 Å². The maximum absolute atomic E-state index is 10.2. The number of fused-ring (bicyclic) bond motifs is 1. The van der Waals surface area contributed by atoms with Crippen molar-refractivity contribution in [3.8, 4) is 6.07 Å². The van der Waals surface area contributed by atoms with Gasteiger partial charge in [0.1, 0.15) is 24.6 Å². The summed E-state index contributed by atoms with van der Waals surface area (Å²) in [4.78, 5) is 12.7. The average Bonchev–Trinajstić information content (AvgIpc) is 3.10. The number of anilines is 1. The Kier molecular flexibility index (Phi) is 4.62. The summed E-state index contributed by atoms with van der Waals surface area (Å²) in [5.74, 6) is 1.05. The zero-order chi connectivity index (χ0) is 17.3. The van der Waals surface area contributed by atoms with Crippen LogP contribution in [0.1, 0.15) is 26.5 Å². The van der Waals surface area contributed by atoms with E-state index in [1.54, 1.807) is 4.57 Å². The van der Waals surface area contributed by atoms with Crippen molar-refractivity contribution in [1.29, 1.82) is 5.26 Å². The lowest BCUT2D eigenvalue weighted by atomic mass is 10.1. The fraction of sp³-hybridized carbons (Fsp3) is 0.600. The van der Waals surface area contributed by atoms with Gasteiger partial charge in [0.15, 0.2) is 23.2 Å². The normalized spacial score (nSPS) is 26.8. The summed E-state index contributed by atoms with van der Waals surface area (Å²) in [6, 6.07) is 1.94. The van der Waals surface area contributed by atoms with Crippen LogP contribution in [-0.4, -0.2) is 54.6 Å². The van der Waals surface area contributed by atoms with Gasteiger partial charge in [0.2, 0.25) is 0 Å². The van der Waals surface area contributed by atoms with E-state index in [1.807, 2.05) is 6.07 Å². The molecular weight excluding hydrogens is 312 g/mol. The molecule has 0 radical (unpaired) electrons. The number of ether oxygens (including phenoxy) is 1. The number of hydrogen-bond donors (Lipinski definition) is 3. The molecular formula is C15H20N6O3. The van der Waals surface area contributed by atoms with Crippen LogP contribution in [0.5, 0.6) is 0 Å². The van der Waals surface area contributed by atoms with Gasteiger partial charge in [-0.1, -0.05) is 13.8 Å². The number of imidazole rings is 1. The predicted octanol–water partition coefficient (Wildman–Crippen LogP) is 0.427. The largest absolute Gasteiger partial charge is 0.387 e. The van der Waals surface area contributed by atoms with Crippen LogP contribution < -0.4 is 5.32 Å². The number of nitriles is 1.